The van der Waals surface area contributed by atoms with Crippen molar-refractivity contribution in [2.75, 3.05) is 25.0 Å². The van der Waals surface area contributed by atoms with E-state index in [2.05, 4.69) is 40.4 Å². The van der Waals surface area contributed by atoms with Gasteiger partial charge in [0.25, 0.3) is 11.8 Å². The first-order chi connectivity index (χ1) is 15.4. The van der Waals surface area contributed by atoms with E-state index in [1.165, 1.54) is 0 Å². The van der Waals surface area contributed by atoms with Crippen LogP contribution in [-0.4, -0.2) is 53.5 Å². The minimum atomic E-state index is -0.458. The standard InChI is InChI=1S/C12H22BrNO2.C12H23NO3/c1-2-3-5-8-11(15)12(16)14-10-7-4-6-9-13;1-2-3-5-8-11(15)12(16)13-9-6-4-7-10-14/h2-10H2,1H3,(H,14,16);14H,2-10H2,1H3,(H,13,16). The summed E-state index contributed by atoms with van der Waals surface area (Å²) in [6.45, 7) is 5.47. The van der Waals surface area contributed by atoms with Gasteiger partial charge < -0.3 is 15.7 Å². The molecule has 0 aliphatic heterocycles. The number of aliphatic hydroxyl groups excluding tert-OH is 1. The molecule has 0 unspecified atom stereocenters. The molecule has 0 saturated heterocycles. The number of hydrogen-bond donors (Lipinski definition) is 3. The third kappa shape index (κ3) is 23.4. The number of nitrogens with one attached hydrogen (secondary N) is 2. The molecule has 8 heteroatoms. The molecule has 0 aliphatic rings. The summed E-state index contributed by atoms with van der Waals surface area (Å²) in [6, 6.07) is 0. The van der Waals surface area contributed by atoms with Crippen LogP contribution in [0.2, 0.25) is 0 Å². The molecular weight excluding hydrogens is 476 g/mol. The molecular formula is C24H45BrN2O5. The Kier molecular flexibility index (Phi) is 26.7. The number of amides is 2. The molecule has 2 amide bonds. The molecule has 3 N–H and O–H groups in total. The SMILES string of the molecule is CCCCCC(=O)C(=O)NCCCCCBr.CCCCCC(=O)C(=O)NCCCCCO. The summed E-state index contributed by atoms with van der Waals surface area (Å²) in [7, 11) is 0. The van der Waals surface area contributed by atoms with Gasteiger partial charge in [-0.15, -0.1) is 0 Å². The van der Waals surface area contributed by atoms with Crippen molar-refractivity contribution in [3.8, 4) is 0 Å². The lowest BCUT2D eigenvalue weighted by Gasteiger charge is -2.03. The van der Waals surface area contributed by atoms with E-state index in [9.17, 15) is 19.2 Å². The highest BCUT2D eigenvalue weighted by atomic mass is 79.9. The maximum Gasteiger partial charge on any atom is 0.287 e. The zero-order valence-corrected chi connectivity index (χ0v) is 21.8. The monoisotopic (exact) mass is 520 g/mol. The van der Waals surface area contributed by atoms with Crippen molar-refractivity contribution in [1.29, 1.82) is 0 Å². The highest BCUT2D eigenvalue weighted by Gasteiger charge is 2.12. The lowest BCUT2D eigenvalue weighted by molar-refractivity contribution is -0.138. The lowest BCUT2D eigenvalue weighted by Crippen LogP contribution is -2.31. The second kappa shape index (κ2) is 26.0. The van der Waals surface area contributed by atoms with E-state index in [-0.39, 0.29) is 18.2 Å². The summed E-state index contributed by atoms with van der Waals surface area (Å²) in [5.41, 5.74) is 0. The van der Waals surface area contributed by atoms with Gasteiger partial charge >= 0.3 is 0 Å². The van der Waals surface area contributed by atoms with Gasteiger partial charge in [-0.3, -0.25) is 19.2 Å². The van der Waals surface area contributed by atoms with Crippen molar-refractivity contribution in [2.45, 2.75) is 104 Å². The van der Waals surface area contributed by atoms with Gasteiger partial charge in [-0.2, -0.15) is 0 Å². The molecule has 0 aromatic carbocycles. The number of Topliss-reactive ketones (excluding diaryl/α,β-unsaturated/α-hetero) is 2. The van der Waals surface area contributed by atoms with Gasteiger partial charge in [0.1, 0.15) is 0 Å². The molecule has 32 heavy (non-hydrogen) atoms. The van der Waals surface area contributed by atoms with Crippen LogP contribution in [0.4, 0.5) is 0 Å². The lowest BCUT2D eigenvalue weighted by atomic mass is 10.1. The fraction of sp³-hybridized carbons (Fsp3) is 0.833. The quantitative estimate of drug-likeness (QED) is 0.126. The van der Waals surface area contributed by atoms with Crippen molar-refractivity contribution in [1.82, 2.24) is 10.6 Å². The van der Waals surface area contributed by atoms with E-state index in [0.29, 0.717) is 25.9 Å². The van der Waals surface area contributed by atoms with Crippen LogP contribution in [-0.2, 0) is 19.2 Å². The van der Waals surface area contributed by atoms with Crippen molar-refractivity contribution in [3.63, 3.8) is 0 Å². The van der Waals surface area contributed by atoms with Crippen molar-refractivity contribution >= 4 is 39.3 Å². The number of carbonyl (C=O) groups excluding carboxylic acids is 4. The van der Waals surface area contributed by atoms with Gasteiger partial charge in [-0.1, -0.05) is 61.9 Å². The number of rotatable bonds is 20. The molecule has 0 radical (unpaired) electrons. The topological polar surface area (TPSA) is 113 Å². The summed E-state index contributed by atoms with van der Waals surface area (Å²) >= 11 is 3.35. The van der Waals surface area contributed by atoms with Crippen LogP contribution in [0.25, 0.3) is 0 Å². The van der Waals surface area contributed by atoms with E-state index in [1.807, 2.05) is 0 Å². The van der Waals surface area contributed by atoms with Crippen LogP contribution >= 0.6 is 15.9 Å². The molecule has 0 saturated carbocycles. The maximum absolute atomic E-state index is 11.3. The fourth-order valence-corrected chi connectivity index (χ4v) is 3.11. The third-order valence-corrected chi connectivity index (χ3v) is 5.30. The van der Waals surface area contributed by atoms with Gasteiger partial charge in [0.15, 0.2) is 0 Å². The summed E-state index contributed by atoms with van der Waals surface area (Å²) < 4.78 is 0. The number of halogens is 1. The van der Waals surface area contributed by atoms with Crippen LogP contribution in [0.1, 0.15) is 104 Å². The van der Waals surface area contributed by atoms with Crippen LogP contribution in [0.3, 0.4) is 0 Å². The number of hydrogen-bond acceptors (Lipinski definition) is 5. The Labute approximate surface area is 203 Å². The minimum absolute atomic E-state index is 0.184. The molecule has 0 heterocycles. The number of alkyl halides is 1. The highest BCUT2D eigenvalue weighted by Crippen LogP contribution is 2.01. The van der Waals surface area contributed by atoms with Gasteiger partial charge in [-0.05, 0) is 44.9 Å². The fourth-order valence-electron chi connectivity index (χ4n) is 2.71. The smallest absolute Gasteiger partial charge is 0.287 e. The Bertz CT molecular complexity index is 457. The predicted octanol–water partition coefficient (Wildman–Crippen LogP) is 4.23. The van der Waals surface area contributed by atoms with Gasteiger partial charge in [0, 0.05) is 37.9 Å². The highest BCUT2D eigenvalue weighted by molar-refractivity contribution is 9.09. The Morgan fingerprint density at radius 2 is 1.06 bits per heavy atom. The Hall–Kier alpha value is -1.28. The van der Waals surface area contributed by atoms with Crippen LogP contribution in [0, 0.1) is 0 Å². The summed E-state index contributed by atoms with van der Waals surface area (Å²) in [5, 5.41) is 14.8. The normalized spacial score (nSPS) is 10.1. The largest absolute Gasteiger partial charge is 0.396 e. The third-order valence-electron chi connectivity index (χ3n) is 4.74. The van der Waals surface area contributed by atoms with E-state index in [0.717, 1.165) is 82.4 Å². The molecule has 0 aromatic rings. The number of unbranched alkanes of at least 4 members (excludes halogenated alkanes) is 8. The average molecular weight is 522 g/mol. The molecule has 0 spiro atoms. The average Bonchev–Trinajstić information content (AvgIpc) is 2.79. The molecule has 188 valence electrons. The van der Waals surface area contributed by atoms with E-state index >= 15 is 0 Å². The summed E-state index contributed by atoms with van der Waals surface area (Å²) in [5.74, 6) is -1.44. The van der Waals surface area contributed by atoms with Gasteiger partial charge in [0.05, 0.1) is 0 Å². The molecule has 0 aliphatic carbocycles. The van der Waals surface area contributed by atoms with E-state index in [1.54, 1.807) is 0 Å². The van der Waals surface area contributed by atoms with Crippen molar-refractivity contribution < 1.29 is 24.3 Å². The van der Waals surface area contributed by atoms with Gasteiger partial charge in [0.2, 0.25) is 11.6 Å². The van der Waals surface area contributed by atoms with Crippen LogP contribution in [0.15, 0.2) is 0 Å². The van der Waals surface area contributed by atoms with E-state index in [4.69, 9.17) is 5.11 Å². The van der Waals surface area contributed by atoms with E-state index < -0.39 is 11.8 Å². The molecule has 0 rings (SSSR count). The minimum Gasteiger partial charge on any atom is -0.396 e. The molecule has 0 aromatic heterocycles. The first-order valence-corrected chi connectivity index (χ1v) is 13.3. The molecule has 7 nitrogen and oxygen atoms in total. The second-order valence-corrected chi connectivity index (χ2v) is 8.60. The Morgan fingerprint density at radius 3 is 1.44 bits per heavy atom. The number of ketones is 2. The summed E-state index contributed by atoms with van der Waals surface area (Å²) in [6.07, 6.45) is 12.1. The number of carbonyl (C=O) groups is 4. The molecule has 0 atom stereocenters. The zero-order valence-electron chi connectivity index (χ0n) is 20.2. The van der Waals surface area contributed by atoms with Crippen molar-refractivity contribution in [2.24, 2.45) is 0 Å². The first kappa shape index (κ1) is 32.9. The molecule has 0 bridgehead atoms. The zero-order chi connectivity index (χ0) is 24.5. The number of aliphatic hydroxyl groups is 1. The Balaban J connectivity index is 0. The second-order valence-electron chi connectivity index (χ2n) is 7.81. The van der Waals surface area contributed by atoms with Crippen molar-refractivity contribution in [3.05, 3.63) is 0 Å². The van der Waals surface area contributed by atoms with Crippen LogP contribution < -0.4 is 10.6 Å². The Morgan fingerprint density at radius 1 is 0.625 bits per heavy atom. The molecule has 0 fully saturated rings. The predicted molar refractivity (Wildman–Crippen MR) is 133 cm³/mol. The maximum atomic E-state index is 11.3. The summed E-state index contributed by atoms with van der Waals surface area (Å²) in [4.78, 5) is 45.2. The first-order valence-electron chi connectivity index (χ1n) is 12.2. The van der Waals surface area contributed by atoms with Gasteiger partial charge in [-0.25, -0.2) is 0 Å². The van der Waals surface area contributed by atoms with Crippen LogP contribution in [0.5, 0.6) is 0 Å².